The Morgan fingerprint density at radius 3 is 1.63 bits per heavy atom. The Morgan fingerprint density at radius 2 is 0.895 bits per heavy atom. The highest BCUT2D eigenvalue weighted by molar-refractivity contribution is 6.06. The molecule has 2 heteroatoms. The summed E-state index contributed by atoms with van der Waals surface area (Å²) in [4.78, 5) is 10.3. The van der Waals surface area contributed by atoms with E-state index < -0.39 is 65.8 Å². The van der Waals surface area contributed by atoms with Crippen molar-refractivity contribution < 1.29 is 13.7 Å². The van der Waals surface area contributed by atoms with Gasteiger partial charge in [0.15, 0.2) is 5.82 Å². The maximum Gasteiger partial charge on any atom is 0.160 e. The molecule has 0 fully saturated rings. The lowest BCUT2D eigenvalue weighted by Crippen LogP contribution is -2.28. The predicted octanol–water partition coefficient (Wildman–Crippen LogP) is 13.8. The van der Waals surface area contributed by atoms with Gasteiger partial charge in [-0.25, -0.2) is 9.97 Å². The van der Waals surface area contributed by atoms with Crippen molar-refractivity contribution in [2.45, 2.75) is 5.41 Å². The van der Waals surface area contributed by atoms with Crippen molar-refractivity contribution in [3.05, 3.63) is 240 Å². The van der Waals surface area contributed by atoms with Crippen LogP contribution in [0.25, 0.3) is 77.7 Å². The lowest BCUT2D eigenvalue weighted by atomic mass is 9.67. The van der Waals surface area contributed by atoms with Crippen LogP contribution in [0.5, 0.6) is 0 Å². The van der Waals surface area contributed by atoms with Gasteiger partial charge in [-0.3, -0.25) is 0 Å². The Balaban J connectivity index is 1.19. The van der Waals surface area contributed by atoms with Gasteiger partial charge >= 0.3 is 0 Å². The quantitative estimate of drug-likeness (QED) is 0.170. The second kappa shape index (κ2) is 13.4. The van der Waals surface area contributed by atoms with E-state index in [9.17, 15) is 5.48 Å². The maximum atomic E-state index is 9.42. The first kappa shape index (κ1) is 24.2. The summed E-state index contributed by atoms with van der Waals surface area (Å²) in [6.45, 7) is 0. The molecule has 0 spiro atoms. The third kappa shape index (κ3) is 5.26. The fourth-order valence-electron chi connectivity index (χ4n) is 8.65. The largest absolute Gasteiger partial charge is 0.228 e. The minimum absolute atomic E-state index is 0.208. The number of fused-ring (bicyclic) bond motifs is 5. The van der Waals surface area contributed by atoms with Gasteiger partial charge in [0.1, 0.15) is 0 Å². The highest BCUT2D eigenvalue weighted by Gasteiger charge is 2.46. The number of benzene rings is 9. The van der Waals surface area contributed by atoms with E-state index in [1.54, 1.807) is 12.1 Å². The Morgan fingerprint density at radius 1 is 0.368 bits per heavy atom. The Kier molecular flexibility index (Phi) is 5.68. The number of hydrogen-bond acceptors (Lipinski definition) is 2. The van der Waals surface area contributed by atoms with Crippen molar-refractivity contribution in [1.82, 2.24) is 9.97 Å². The van der Waals surface area contributed by atoms with E-state index in [0.717, 1.165) is 49.5 Å². The van der Waals surface area contributed by atoms with Gasteiger partial charge in [-0.05, 0) is 78.2 Å². The van der Waals surface area contributed by atoms with Gasteiger partial charge in [0.05, 0.1) is 30.5 Å². The van der Waals surface area contributed by atoms with Gasteiger partial charge in [0, 0.05) is 16.7 Å². The molecular formula is C55H36N2. The minimum Gasteiger partial charge on any atom is -0.228 e. The standard InChI is InChI=1S/C55H36N2/c1-4-18-38(19-5-1)54-56-52(48-29-16-20-37-17-10-11-25-42(37)48)36-53(57-54)49-34-33-43(44-26-12-13-27-45(44)49)39-31-32-47-46-28-14-15-30-50(46)55(51(47)35-39,40-21-6-2-7-22-40)41-23-8-3-9-24-41/h1-36H/i2D,3D,6D,7D,8D,9D,21D,22D,23D,24D. The normalized spacial score (nSPS) is 15.2. The van der Waals surface area contributed by atoms with Crippen LogP contribution in [0.3, 0.4) is 0 Å². The molecule has 1 aliphatic carbocycles. The lowest BCUT2D eigenvalue weighted by molar-refractivity contribution is 0.769. The molecule has 57 heavy (non-hydrogen) atoms. The van der Waals surface area contributed by atoms with Crippen LogP contribution in [0.15, 0.2) is 218 Å². The van der Waals surface area contributed by atoms with Gasteiger partial charge in [0.25, 0.3) is 0 Å². The summed E-state index contributed by atoms with van der Waals surface area (Å²) < 4.78 is 90.1. The van der Waals surface area contributed by atoms with E-state index in [1.165, 1.54) is 0 Å². The number of hydrogen-bond donors (Lipinski definition) is 0. The Hall–Kier alpha value is -7.42. The van der Waals surface area contributed by atoms with Gasteiger partial charge in [-0.2, -0.15) is 0 Å². The molecule has 2 nitrogen and oxygen atoms in total. The Labute approximate surface area is 346 Å². The van der Waals surface area contributed by atoms with Crippen LogP contribution >= 0.6 is 0 Å². The molecule has 1 heterocycles. The van der Waals surface area contributed by atoms with Gasteiger partial charge in [0.2, 0.25) is 0 Å². The average molecular weight is 735 g/mol. The van der Waals surface area contributed by atoms with Crippen LogP contribution in [0.1, 0.15) is 36.0 Å². The predicted molar refractivity (Wildman–Crippen MR) is 236 cm³/mol. The summed E-state index contributed by atoms with van der Waals surface area (Å²) in [6, 6.07) is 45.5. The van der Waals surface area contributed by atoms with Crippen molar-refractivity contribution in [1.29, 1.82) is 0 Å². The summed E-state index contributed by atoms with van der Waals surface area (Å²) in [5, 5.41) is 3.93. The smallest absolute Gasteiger partial charge is 0.160 e. The van der Waals surface area contributed by atoms with Crippen LogP contribution in [-0.2, 0) is 5.41 Å². The molecular weight excluding hydrogens is 689 g/mol. The topological polar surface area (TPSA) is 25.8 Å². The molecule has 0 radical (unpaired) electrons. The molecule has 10 aromatic rings. The third-order valence-electron chi connectivity index (χ3n) is 11.1. The van der Waals surface area contributed by atoms with E-state index >= 15 is 0 Å². The van der Waals surface area contributed by atoms with Crippen LogP contribution in [0.4, 0.5) is 0 Å². The molecule has 9 aromatic carbocycles. The van der Waals surface area contributed by atoms with E-state index in [0.29, 0.717) is 39.3 Å². The first-order chi connectivity index (χ1) is 32.4. The zero-order valence-corrected chi connectivity index (χ0v) is 30.4. The fourth-order valence-corrected chi connectivity index (χ4v) is 8.65. The zero-order chi connectivity index (χ0) is 46.5. The number of aromatic nitrogens is 2. The maximum absolute atomic E-state index is 9.42. The molecule has 0 aliphatic heterocycles. The van der Waals surface area contributed by atoms with E-state index in [1.807, 2.05) is 121 Å². The number of nitrogens with zero attached hydrogens (tertiary/aromatic N) is 2. The summed E-state index contributed by atoms with van der Waals surface area (Å²) in [5.74, 6) is 0.573. The molecule has 0 N–H and O–H groups in total. The van der Waals surface area contributed by atoms with Crippen LogP contribution in [-0.4, -0.2) is 9.97 Å². The SMILES string of the molecule is [2H]c1c([2H])c([2H])c(C2(c3c([2H])c([2H])c([2H])c([2H])c3[2H])c3ccccc3-c3ccc(-c4ccc(-c5cc(-c6cccc7ccccc67)nc(-c6ccccc6)n5)c5ccccc45)cc32)c([2H])c1[2H]. The van der Waals surface area contributed by atoms with Crippen LogP contribution < -0.4 is 0 Å². The highest BCUT2D eigenvalue weighted by Crippen LogP contribution is 2.57. The van der Waals surface area contributed by atoms with Crippen molar-refractivity contribution in [2.24, 2.45) is 0 Å². The molecule has 1 aromatic heterocycles. The Bertz CT molecular complexity index is 3590. The van der Waals surface area contributed by atoms with Crippen molar-refractivity contribution in [3.63, 3.8) is 0 Å². The lowest BCUT2D eigenvalue weighted by Gasteiger charge is -2.34. The van der Waals surface area contributed by atoms with E-state index in [-0.39, 0.29) is 11.1 Å². The van der Waals surface area contributed by atoms with E-state index in [4.69, 9.17) is 18.2 Å². The molecule has 11 rings (SSSR count). The van der Waals surface area contributed by atoms with E-state index in [2.05, 4.69) is 24.3 Å². The molecule has 266 valence electrons. The van der Waals surface area contributed by atoms with Gasteiger partial charge < -0.3 is 0 Å². The first-order valence-corrected chi connectivity index (χ1v) is 18.8. The van der Waals surface area contributed by atoms with Crippen molar-refractivity contribution in [3.8, 4) is 56.2 Å². The number of rotatable bonds is 6. The molecule has 0 bridgehead atoms. The third-order valence-corrected chi connectivity index (χ3v) is 11.1. The zero-order valence-electron chi connectivity index (χ0n) is 40.4. The van der Waals surface area contributed by atoms with Gasteiger partial charge in [-0.1, -0.05) is 206 Å². The molecule has 0 amide bonds. The van der Waals surface area contributed by atoms with Gasteiger partial charge in [-0.15, -0.1) is 0 Å². The summed E-state index contributed by atoms with van der Waals surface area (Å²) >= 11 is 0. The average Bonchev–Trinajstić information content (AvgIpc) is 3.65. The summed E-state index contributed by atoms with van der Waals surface area (Å²) in [7, 11) is 0. The van der Waals surface area contributed by atoms with Crippen LogP contribution in [0, 0.1) is 0 Å². The molecule has 0 unspecified atom stereocenters. The second-order valence-electron chi connectivity index (χ2n) is 14.1. The first-order valence-electron chi connectivity index (χ1n) is 23.8. The molecule has 0 saturated carbocycles. The monoisotopic (exact) mass is 734 g/mol. The van der Waals surface area contributed by atoms with Crippen LogP contribution in [0.2, 0.25) is 0 Å². The second-order valence-corrected chi connectivity index (χ2v) is 14.1. The highest BCUT2D eigenvalue weighted by atomic mass is 14.9. The summed E-state index contributed by atoms with van der Waals surface area (Å²) in [5.41, 5.74) is 5.44. The fraction of sp³-hybridized carbons (Fsp3) is 0.0182. The summed E-state index contributed by atoms with van der Waals surface area (Å²) in [6.07, 6.45) is 0. The molecule has 0 saturated heterocycles. The minimum atomic E-state index is -1.95. The molecule has 0 atom stereocenters. The molecule has 1 aliphatic rings. The van der Waals surface area contributed by atoms with Crippen molar-refractivity contribution in [2.75, 3.05) is 0 Å². The van der Waals surface area contributed by atoms with Crippen molar-refractivity contribution >= 4 is 21.5 Å².